The molecule has 1 aliphatic rings. The lowest BCUT2D eigenvalue weighted by Gasteiger charge is -2.29. The average Bonchev–Trinajstić information content (AvgIpc) is 3.37. The van der Waals surface area contributed by atoms with Crippen molar-refractivity contribution in [3.8, 4) is 11.3 Å². The van der Waals surface area contributed by atoms with Gasteiger partial charge >= 0.3 is 0 Å². The van der Waals surface area contributed by atoms with Gasteiger partial charge in [-0.25, -0.2) is 9.97 Å². The molecule has 3 aromatic heterocycles. The number of thiazole rings is 1. The fraction of sp³-hybridized carbons (Fsp3) is 0.227. The largest absolute Gasteiger partial charge is 0.378 e. The predicted octanol–water partition coefficient (Wildman–Crippen LogP) is 4.08. The average molecular weight is 420 g/mol. The Morgan fingerprint density at radius 3 is 2.90 bits per heavy atom. The Bertz CT molecular complexity index is 1210. The summed E-state index contributed by atoms with van der Waals surface area (Å²) in [7, 11) is 0. The molecule has 152 valence electrons. The number of para-hydroxylation sites is 1. The third kappa shape index (κ3) is 3.44. The Balaban J connectivity index is 1.41. The van der Waals surface area contributed by atoms with Gasteiger partial charge in [-0.1, -0.05) is 18.2 Å². The van der Waals surface area contributed by atoms with Crippen LogP contribution >= 0.6 is 11.3 Å². The molecule has 1 fully saturated rings. The van der Waals surface area contributed by atoms with E-state index in [2.05, 4.69) is 37.3 Å². The van der Waals surface area contributed by atoms with E-state index in [9.17, 15) is 4.79 Å². The number of carbonyl (C=O) groups excluding carboxylic acids is 1. The number of nitrogens with zero attached hydrogens (tertiary/aromatic N) is 3. The highest BCUT2D eigenvalue weighted by atomic mass is 32.1. The number of rotatable bonds is 4. The number of aromatic amines is 1. The summed E-state index contributed by atoms with van der Waals surface area (Å²) in [5.41, 5.74) is 4.59. The molecule has 7 nitrogen and oxygen atoms in total. The van der Waals surface area contributed by atoms with Crippen LogP contribution < -0.4 is 10.2 Å². The number of aryl methyl sites for hydroxylation is 1. The highest BCUT2D eigenvalue weighted by molar-refractivity contribution is 7.14. The minimum atomic E-state index is -0.207. The second-order valence-corrected chi connectivity index (χ2v) is 7.99. The molecule has 1 amide bonds. The normalized spacial score (nSPS) is 14.2. The topological polar surface area (TPSA) is 83.1 Å². The molecular weight excluding hydrogens is 398 g/mol. The quantitative estimate of drug-likeness (QED) is 0.521. The minimum absolute atomic E-state index is 0.207. The fourth-order valence-corrected chi connectivity index (χ4v) is 4.51. The molecule has 1 saturated heterocycles. The summed E-state index contributed by atoms with van der Waals surface area (Å²) in [6, 6.07) is 11.7. The van der Waals surface area contributed by atoms with E-state index in [0.29, 0.717) is 29.7 Å². The molecule has 5 rings (SSSR count). The standard InChI is InChI=1S/C22H21N5O2S/c1-14-19(15-5-2-3-7-17(15)24-14)18-13-30-22(25-18)26-21(28)16-6-4-8-23-20(16)27-9-11-29-12-10-27/h2-8,13,24H,9-12H2,1H3,(H,25,26,28). The highest BCUT2D eigenvalue weighted by Crippen LogP contribution is 2.34. The number of ether oxygens (including phenoxy) is 1. The number of hydrogen-bond donors (Lipinski definition) is 2. The molecule has 0 aliphatic carbocycles. The van der Waals surface area contributed by atoms with E-state index in [-0.39, 0.29) is 5.91 Å². The van der Waals surface area contributed by atoms with Crippen LogP contribution in [0.5, 0.6) is 0 Å². The van der Waals surface area contributed by atoms with Gasteiger partial charge in [0.2, 0.25) is 0 Å². The third-order valence-electron chi connectivity index (χ3n) is 5.22. The molecule has 0 bridgehead atoms. The van der Waals surface area contributed by atoms with Gasteiger partial charge in [0.05, 0.1) is 24.5 Å². The number of amides is 1. The van der Waals surface area contributed by atoms with Crippen LogP contribution in [0.25, 0.3) is 22.2 Å². The van der Waals surface area contributed by atoms with Crippen molar-refractivity contribution in [2.75, 3.05) is 36.5 Å². The molecule has 1 aromatic carbocycles. The Kier molecular flexibility index (Phi) is 4.94. The summed E-state index contributed by atoms with van der Waals surface area (Å²) >= 11 is 1.42. The lowest BCUT2D eigenvalue weighted by Crippen LogP contribution is -2.38. The molecule has 4 heterocycles. The van der Waals surface area contributed by atoms with Crippen molar-refractivity contribution in [2.45, 2.75) is 6.92 Å². The first-order valence-electron chi connectivity index (χ1n) is 9.83. The van der Waals surface area contributed by atoms with Crippen LogP contribution in [-0.2, 0) is 4.74 Å². The smallest absolute Gasteiger partial charge is 0.261 e. The fourth-order valence-electron chi connectivity index (χ4n) is 3.82. The van der Waals surface area contributed by atoms with Gasteiger partial charge in [0.15, 0.2) is 5.13 Å². The predicted molar refractivity (Wildman–Crippen MR) is 119 cm³/mol. The van der Waals surface area contributed by atoms with Gasteiger partial charge < -0.3 is 14.6 Å². The van der Waals surface area contributed by atoms with E-state index in [0.717, 1.165) is 40.9 Å². The summed E-state index contributed by atoms with van der Waals surface area (Å²) in [4.78, 5) is 27.6. The molecule has 0 saturated carbocycles. The summed E-state index contributed by atoms with van der Waals surface area (Å²) < 4.78 is 5.41. The third-order valence-corrected chi connectivity index (χ3v) is 5.97. The maximum Gasteiger partial charge on any atom is 0.261 e. The minimum Gasteiger partial charge on any atom is -0.378 e. The van der Waals surface area contributed by atoms with Crippen LogP contribution in [0.15, 0.2) is 48.0 Å². The van der Waals surface area contributed by atoms with Crippen LogP contribution in [-0.4, -0.2) is 47.2 Å². The number of carbonyl (C=O) groups is 1. The van der Waals surface area contributed by atoms with E-state index in [1.165, 1.54) is 11.3 Å². The molecule has 0 radical (unpaired) electrons. The van der Waals surface area contributed by atoms with Crippen LogP contribution in [0.3, 0.4) is 0 Å². The molecular formula is C22H21N5O2S. The molecule has 0 spiro atoms. The van der Waals surface area contributed by atoms with Gasteiger partial charge in [-0.2, -0.15) is 0 Å². The lowest BCUT2D eigenvalue weighted by molar-refractivity contribution is 0.102. The lowest BCUT2D eigenvalue weighted by atomic mass is 10.1. The molecule has 1 aliphatic heterocycles. The van der Waals surface area contributed by atoms with Crippen molar-refractivity contribution in [2.24, 2.45) is 0 Å². The molecule has 0 unspecified atom stereocenters. The van der Waals surface area contributed by atoms with Gasteiger partial charge in [-0.05, 0) is 25.1 Å². The van der Waals surface area contributed by atoms with Gasteiger partial charge in [0.1, 0.15) is 5.82 Å². The van der Waals surface area contributed by atoms with Crippen molar-refractivity contribution in [3.63, 3.8) is 0 Å². The van der Waals surface area contributed by atoms with Crippen LogP contribution in [0.2, 0.25) is 0 Å². The van der Waals surface area contributed by atoms with Crippen molar-refractivity contribution in [1.82, 2.24) is 15.0 Å². The monoisotopic (exact) mass is 419 g/mol. The SMILES string of the molecule is Cc1[nH]c2ccccc2c1-c1csc(NC(=O)c2cccnc2N2CCOCC2)n1. The zero-order chi connectivity index (χ0) is 20.5. The molecule has 2 N–H and O–H groups in total. The number of pyridine rings is 1. The zero-order valence-electron chi connectivity index (χ0n) is 16.5. The van der Waals surface area contributed by atoms with E-state index in [4.69, 9.17) is 4.74 Å². The first kappa shape index (κ1) is 18.8. The highest BCUT2D eigenvalue weighted by Gasteiger charge is 2.21. The number of morpholine rings is 1. The number of fused-ring (bicyclic) bond motifs is 1. The second-order valence-electron chi connectivity index (χ2n) is 7.14. The molecule has 4 aromatic rings. The number of aromatic nitrogens is 3. The summed E-state index contributed by atoms with van der Waals surface area (Å²) in [6.07, 6.45) is 1.71. The van der Waals surface area contributed by atoms with Crippen molar-refractivity contribution >= 4 is 39.1 Å². The number of nitrogens with one attached hydrogen (secondary N) is 2. The Hall–Kier alpha value is -3.23. The van der Waals surface area contributed by atoms with Crippen LogP contribution in [0.4, 0.5) is 10.9 Å². The number of benzene rings is 1. The van der Waals surface area contributed by atoms with Crippen molar-refractivity contribution in [1.29, 1.82) is 0 Å². The van der Waals surface area contributed by atoms with E-state index in [1.54, 1.807) is 18.3 Å². The summed E-state index contributed by atoms with van der Waals surface area (Å²) in [6.45, 7) is 4.75. The van der Waals surface area contributed by atoms with E-state index < -0.39 is 0 Å². The van der Waals surface area contributed by atoms with Crippen LogP contribution in [0, 0.1) is 6.92 Å². The molecule has 0 atom stereocenters. The summed E-state index contributed by atoms with van der Waals surface area (Å²) in [5, 5.41) is 6.62. The van der Waals surface area contributed by atoms with Crippen LogP contribution in [0.1, 0.15) is 16.1 Å². The first-order valence-corrected chi connectivity index (χ1v) is 10.7. The number of anilines is 2. The second kappa shape index (κ2) is 7.89. The van der Waals surface area contributed by atoms with Gasteiger partial charge in [-0.15, -0.1) is 11.3 Å². The Labute approximate surface area is 177 Å². The van der Waals surface area contributed by atoms with Gasteiger partial charge in [0.25, 0.3) is 5.91 Å². The summed E-state index contributed by atoms with van der Waals surface area (Å²) in [5.74, 6) is 0.476. The van der Waals surface area contributed by atoms with E-state index >= 15 is 0 Å². The van der Waals surface area contributed by atoms with Crippen molar-refractivity contribution in [3.05, 3.63) is 59.2 Å². The Morgan fingerprint density at radius 1 is 1.20 bits per heavy atom. The van der Waals surface area contributed by atoms with Gasteiger partial charge in [-0.3, -0.25) is 10.1 Å². The maximum atomic E-state index is 13.0. The van der Waals surface area contributed by atoms with Crippen molar-refractivity contribution < 1.29 is 9.53 Å². The maximum absolute atomic E-state index is 13.0. The van der Waals surface area contributed by atoms with E-state index in [1.807, 2.05) is 24.4 Å². The number of hydrogen-bond acceptors (Lipinski definition) is 6. The number of H-pyrrole nitrogens is 1. The molecule has 8 heteroatoms. The van der Waals surface area contributed by atoms with Gasteiger partial charge in [0, 0.05) is 46.8 Å². The first-order chi connectivity index (χ1) is 14.7. The zero-order valence-corrected chi connectivity index (χ0v) is 17.3. The Morgan fingerprint density at radius 2 is 2.03 bits per heavy atom. The molecule has 30 heavy (non-hydrogen) atoms.